The van der Waals surface area contributed by atoms with Gasteiger partial charge >= 0.3 is 0 Å². The summed E-state index contributed by atoms with van der Waals surface area (Å²) in [5.74, 6) is 0.659. The Labute approximate surface area is 85.4 Å². The lowest BCUT2D eigenvalue weighted by atomic mass is 9.92. The highest BCUT2D eigenvalue weighted by Gasteiger charge is 2.27. The van der Waals surface area contributed by atoms with Crippen molar-refractivity contribution in [2.45, 2.75) is 57.0 Å². The number of carbonyl (C=O) groups excluding carboxylic acids is 1. The van der Waals surface area contributed by atoms with Crippen LogP contribution in [0.15, 0.2) is 0 Å². The van der Waals surface area contributed by atoms with Gasteiger partial charge in [0.05, 0.1) is 0 Å². The molecule has 2 rings (SSSR count). The largest absolute Gasteiger partial charge is 0.353 e. The number of carbonyl (C=O) groups is 1. The third-order valence-electron chi connectivity index (χ3n) is 3.64. The van der Waals surface area contributed by atoms with Gasteiger partial charge in [-0.25, -0.2) is 0 Å². The van der Waals surface area contributed by atoms with Gasteiger partial charge in [0.25, 0.3) is 0 Å². The molecule has 1 amide bonds. The van der Waals surface area contributed by atoms with Crippen LogP contribution < -0.4 is 11.1 Å². The van der Waals surface area contributed by atoms with E-state index >= 15 is 0 Å². The minimum absolute atomic E-state index is 0.219. The number of hydrogen-bond acceptors (Lipinski definition) is 2. The summed E-state index contributed by atoms with van der Waals surface area (Å²) in [4.78, 5) is 11.6. The molecule has 3 nitrogen and oxygen atoms in total. The summed E-state index contributed by atoms with van der Waals surface area (Å²) < 4.78 is 0. The fraction of sp³-hybridized carbons (Fsp3) is 0.909. The molecule has 0 saturated heterocycles. The highest BCUT2D eigenvalue weighted by atomic mass is 16.1. The molecule has 80 valence electrons. The van der Waals surface area contributed by atoms with E-state index in [1.165, 1.54) is 25.7 Å². The Morgan fingerprint density at radius 1 is 1.21 bits per heavy atom. The highest BCUT2D eigenvalue weighted by molar-refractivity contribution is 5.76. The number of nitrogens with two attached hydrogens (primary N) is 1. The van der Waals surface area contributed by atoms with Crippen molar-refractivity contribution in [1.82, 2.24) is 5.32 Å². The molecule has 0 aromatic carbocycles. The molecule has 0 bridgehead atoms. The van der Waals surface area contributed by atoms with E-state index in [0.29, 0.717) is 18.4 Å². The highest BCUT2D eigenvalue weighted by Crippen LogP contribution is 2.27. The van der Waals surface area contributed by atoms with Crippen LogP contribution in [0.4, 0.5) is 0 Å². The first-order valence-electron chi connectivity index (χ1n) is 5.80. The third kappa shape index (κ3) is 2.27. The van der Waals surface area contributed by atoms with Gasteiger partial charge in [-0.05, 0) is 38.0 Å². The van der Waals surface area contributed by atoms with Gasteiger partial charge in [0, 0.05) is 18.5 Å². The van der Waals surface area contributed by atoms with Crippen molar-refractivity contribution in [2.75, 3.05) is 0 Å². The predicted molar refractivity (Wildman–Crippen MR) is 55.7 cm³/mol. The monoisotopic (exact) mass is 196 g/mol. The normalized spacial score (nSPS) is 32.6. The summed E-state index contributed by atoms with van der Waals surface area (Å²) in [7, 11) is 0. The second-order valence-electron chi connectivity index (χ2n) is 4.75. The number of rotatable bonds is 3. The Bertz CT molecular complexity index is 213. The number of amides is 1. The van der Waals surface area contributed by atoms with Gasteiger partial charge in [0.1, 0.15) is 0 Å². The van der Waals surface area contributed by atoms with Crippen molar-refractivity contribution in [3.63, 3.8) is 0 Å². The van der Waals surface area contributed by atoms with Gasteiger partial charge in [-0.15, -0.1) is 0 Å². The first kappa shape index (κ1) is 9.97. The molecule has 2 saturated carbocycles. The maximum atomic E-state index is 11.6. The third-order valence-corrected chi connectivity index (χ3v) is 3.64. The van der Waals surface area contributed by atoms with Gasteiger partial charge < -0.3 is 11.1 Å². The van der Waals surface area contributed by atoms with E-state index in [9.17, 15) is 4.79 Å². The van der Waals surface area contributed by atoms with Crippen LogP contribution in [0.1, 0.15) is 44.9 Å². The van der Waals surface area contributed by atoms with E-state index in [1.807, 2.05) is 0 Å². The minimum atomic E-state index is 0.219. The Kier molecular flexibility index (Phi) is 3.06. The molecule has 0 aromatic heterocycles. The average molecular weight is 196 g/mol. The first-order chi connectivity index (χ1) is 6.75. The van der Waals surface area contributed by atoms with Gasteiger partial charge in [-0.3, -0.25) is 4.79 Å². The van der Waals surface area contributed by atoms with Crippen LogP contribution in [-0.4, -0.2) is 18.0 Å². The summed E-state index contributed by atoms with van der Waals surface area (Å²) in [6, 6.07) is 0.738. The number of hydrogen-bond donors (Lipinski definition) is 2. The van der Waals surface area contributed by atoms with E-state index in [0.717, 1.165) is 12.8 Å². The van der Waals surface area contributed by atoms with Crippen molar-refractivity contribution in [3.05, 3.63) is 0 Å². The summed E-state index contributed by atoms with van der Waals surface area (Å²) in [6.07, 6.45) is 7.69. The van der Waals surface area contributed by atoms with Crippen LogP contribution >= 0.6 is 0 Å². The van der Waals surface area contributed by atoms with Gasteiger partial charge in [-0.2, -0.15) is 0 Å². The van der Waals surface area contributed by atoms with E-state index in [1.54, 1.807) is 0 Å². The lowest BCUT2D eigenvalue weighted by molar-refractivity contribution is -0.123. The van der Waals surface area contributed by atoms with Gasteiger partial charge in [0.2, 0.25) is 5.91 Å². The summed E-state index contributed by atoms with van der Waals surface area (Å²) in [6.45, 7) is 0. The Morgan fingerprint density at radius 2 is 1.93 bits per heavy atom. The van der Waals surface area contributed by atoms with Crippen molar-refractivity contribution in [1.29, 1.82) is 0 Å². The molecule has 2 atom stereocenters. The maximum absolute atomic E-state index is 11.6. The van der Waals surface area contributed by atoms with E-state index in [-0.39, 0.29) is 11.9 Å². The number of nitrogens with one attached hydrogen (secondary N) is 1. The van der Waals surface area contributed by atoms with Crippen LogP contribution in [-0.2, 0) is 4.79 Å². The minimum Gasteiger partial charge on any atom is -0.353 e. The Morgan fingerprint density at radius 3 is 2.43 bits per heavy atom. The molecule has 0 aliphatic heterocycles. The van der Waals surface area contributed by atoms with Crippen molar-refractivity contribution in [3.8, 4) is 0 Å². The standard InChI is InChI=1S/C11H20N2O/c12-10-6-1-3-8(10)7-11(14)13-9-4-2-5-9/h8-10H,1-7,12H2,(H,13,14)/t8-,10+/m0/s1. The second-order valence-corrected chi connectivity index (χ2v) is 4.75. The molecule has 0 radical (unpaired) electrons. The van der Waals surface area contributed by atoms with Crippen molar-refractivity contribution < 1.29 is 4.79 Å². The van der Waals surface area contributed by atoms with Gasteiger partial charge in [-0.1, -0.05) is 6.42 Å². The van der Waals surface area contributed by atoms with Crippen LogP contribution in [0, 0.1) is 5.92 Å². The quantitative estimate of drug-likeness (QED) is 0.712. The summed E-state index contributed by atoms with van der Waals surface area (Å²) in [5, 5.41) is 3.07. The molecule has 0 aromatic rings. The van der Waals surface area contributed by atoms with Crippen LogP contribution in [0.2, 0.25) is 0 Å². The van der Waals surface area contributed by atoms with Gasteiger partial charge in [0.15, 0.2) is 0 Å². The lowest BCUT2D eigenvalue weighted by Gasteiger charge is -2.27. The Balaban J connectivity index is 1.70. The second kappa shape index (κ2) is 4.30. The van der Waals surface area contributed by atoms with Crippen molar-refractivity contribution >= 4 is 5.91 Å². The lowest BCUT2D eigenvalue weighted by Crippen LogP contribution is -2.41. The predicted octanol–water partition coefficient (Wildman–Crippen LogP) is 1.17. The zero-order valence-corrected chi connectivity index (χ0v) is 8.67. The summed E-state index contributed by atoms with van der Waals surface area (Å²) >= 11 is 0. The van der Waals surface area contributed by atoms with Crippen molar-refractivity contribution in [2.24, 2.45) is 11.7 Å². The maximum Gasteiger partial charge on any atom is 0.220 e. The van der Waals surface area contributed by atoms with E-state index < -0.39 is 0 Å². The molecular weight excluding hydrogens is 176 g/mol. The fourth-order valence-electron chi connectivity index (χ4n) is 2.40. The van der Waals surface area contributed by atoms with Crippen LogP contribution in [0.3, 0.4) is 0 Å². The van der Waals surface area contributed by atoms with Crippen LogP contribution in [0.5, 0.6) is 0 Å². The molecule has 3 heteroatoms. The molecule has 0 spiro atoms. The zero-order chi connectivity index (χ0) is 9.97. The Hall–Kier alpha value is -0.570. The molecule has 2 aliphatic rings. The SMILES string of the molecule is N[C@@H]1CCC[C@H]1CC(=O)NC1CCC1. The van der Waals surface area contributed by atoms with E-state index in [4.69, 9.17) is 5.73 Å². The molecule has 14 heavy (non-hydrogen) atoms. The molecule has 0 unspecified atom stereocenters. The molecule has 0 heterocycles. The molecule has 2 aliphatic carbocycles. The van der Waals surface area contributed by atoms with Crippen LogP contribution in [0.25, 0.3) is 0 Å². The fourth-order valence-corrected chi connectivity index (χ4v) is 2.40. The van der Waals surface area contributed by atoms with E-state index in [2.05, 4.69) is 5.32 Å². The molecular formula is C11H20N2O. The first-order valence-corrected chi connectivity index (χ1v) is 5.80. The smallest absolute Gasteiger partial charge is 0.220 e. The topological polar surface area (TPSA) is 55.1 Å². The summed E-state index contributed by atoms with van der Waals surface area (Å²) in [5.41, 5.74) is 5.92. The average Bonchev–Trinajstić information content (AvgIpc) is 2.45. The zero-order valence-electron chi connectivity index (χ0n) is 8.67. The molecule has 2 fully saturated rings. The molecule has 3 N–H and O–H groups in total.